The Morgan fingerprint density at radius 3 is 2.90 bits per heavy atom. The summed E-state index contributed by atoms with van der Waals surface area (Å²) in [5.41, 5.74) is 2.10. The second-order valence-electron chi connectivity index (χ2n) is 5.14. The summed E-state index contributed by atoms with van der Waals surface area (Å²) in [5.74, 6) is 1.34. The molecule has 0 bridgehead atoms. The lowest BCUT2D eigenvalue weighted by Crippen LogP contribution is -2.25. The first-order valence-electron chi connectivity index (χ1n) is 6.94. The molecule has 2 aromatic rings. The molecule has 5 nitrogen and oxygen atoms in total. The maximum atomic E-state index is 5.26. The second kappa shape index (κ2) is 5.97. The van der Waals surface area contributed by atoms with Crippen molar-refractivity contribution in [2.45, 2.75) is 25.8 Å². The van der Waals surface area contributed by atoms with Gasteiger partial charge in [0.1, 0.15) is 0 Å². The first-order chi connectivity index (χ1) is 10.2. The molecule has 1 saturated heterocycles. The average molecular weight is 349 g/mol. The largest absolute Gasteiger partial charge is 0.481 e. The Labute approximate surface area is 132 Å². The number of aryl methyl sites for hydroxylation is 1. The number of methoxy groups -OCH3 is 1. The summed E-state index contributed by atoms with van der Waals surface area (Å²) < 4.78 is 6.25. The van der Waals surface area contributed by atoms with E-state index in [0.29, 0.717) is 5.88 Å². The highest BCUT2D eigenvalue weighted by Gasteiger charge is 2.29. The van der Waals surface area contributed by atoms with Crippen LogP contribution in [-0.4, -0.2) is 28.6 Å². The normalized spacial score (nSPS) is 18.0. The van der Waals surface area contributed by atoms with Crippen LogP contribution in [0.2, 0.25) is 0 Å². The van der Waals surface area contributed by atoms with Crippen LogP contribution in [0.3, 0.4) is 0 Å². The van der Waals surface area contributed by atoms with E-state index in [1.54, 1.807) is 13.3 Å². The summed E-state index contributed by atoms with van der Waals surface area (Å²) in [6, 6.07) is 4.22. The summed E-state index contributed by atoms with van der Waals surface area (Å²) in [7, 11) is 1.63. The Morgan fingerprint density at radius 2 is 2.14 bits per heavy atom. The van der Waals surface area contributed by atoms with Gasteiger partial charge in [-0.1, -0.05) is 0 Å². The second-order valence-corrected chi connectivity index (χ2v) is 6.06. The van der Waals surface area contributed by atoms with Gasteiger partial charge in [-0.2, -0.15) is 4.98 Å². The van der Waals surface area contributed by atoms with Gasteiger partial charge in [0.05, 0.1) is 13.2 Å². The fourth-order valence-electron chi connectivity index (χ4n) is 2.72. The summed E-state index contributed by atoms with van der Waals surface area (Å²) >= 11 is 3.49. The van der Waals surface area contributed by atoms with E-state index in [2.05, 4.69) is 41.8 Å². The molecule has 6 heteroatoms. The van der Waals surface area contributed by atoms with E-state index in [1.165, 1.54) is 5.56 Å². The smallest absolute Gasteiger partial charge is 0.229 e. The van der Waals surface area contributed by atoms with Crippen molar-refractivity contribution in [2.24, 2.45) is 0 Å². The lowest BCUT2D eigenvalue weighted by atomic mass is 10.1. The van der Waals surface area contributed by atoms with Gasteiger partial charge in [0.25, 0.3) is 0 Å². The average Bonchev–Trinajstić information content (AvgIpc) is 2.96. The van der Waals surface area contributed by atoms with Crippen LogP contribution in [0.5, 0.6) is 5.88 Å². The molecule has 3 rings (SSSR count). The van der Waals surface area contributed by atoms with Gasteiger partial charge < -0.3 is 9.64 Å². The number of rotatable bonds is 3. The molecule has 21 heavy (non-hydrogen) atoms. The van der Waals surface area contributed by atoms with Crippen LogP contribution in [-0.2, 0) is 0 Å². The first-order valence-corrected chi connectivity index (χ1v) is 7.73. The van der Waals surface area contributed by atoms with E-state index in [0.717, 1.165) is 35.5 Å². The molecule has 0 N–H and O–H groups in total. The van der Waals surface area contributed by atoms with Crippen LogP contribution >= 0.6 is 15.9 Å². The molecule has 110 valence electrons. The van der Waals surface area contributed by atoms with Crippen molar-refractivity contribution in [2.75, 3.05) is 18.6 Å². The molecular weight excluding hydrogens is 332 g/mol. The number of pyridine rings is 1. The van der Waals surface area contributed by atoms with Gasteiger partial charge in [-0.25, -0.2) is 4.98 Å². The fourth-order valence-corrected chi connectivity index (χ4v) is 3.10. The highest BCUT2D eigenvalue weighted by atomic mass is 79.9. The van der Waals surface area contributed by atoms with Gasteiger partial charge in [0.15, 0.2) is 0 Å². The number of halogens is 1. The molecule has 2 aromatic heterocycles. The standard InChI is InChI=1S/C15H17BrN4O/c1-10-6-14(21-2)19-15(18-10)20-5-3-4-13(20)11-7-12(16)9-17-8-11/h6-9,13H,3-5H2,1-2H3. The Kier molecular flexibility index (Phi) is 4.05. The predicted octanol–water partition coefficient (Wildman–Crippen LogP) is 3.29. The van der Waals surface area contributed by atoms with Gasteiger partial charge in [0, 0.05) is 35.2 Å². The molecule has 0 spiro atoms. The summed E-state index contributed by atoms with van der Waals surface area (Å²) in [4.78, 5) is 15.6. The Bertz CT molecular complexity index is 649. The maximum Gasteiger partial charge on any atom is 0.229 e. The van der Waals surface area contributed by atoms with Gasteiger partial charge in [-0.05, 0) is 47.3 Å². The van der Waals surface area contributed by atoms with Crippen molar-refractivity contribution in [1.82, 2.24) is 15.0 Å². The zero-order valence-corrected chi connectivity index (χ0v) is 13.7. The van der Waals surface area contributed by atoms with Crippen molar-refractivity contribution < 1.29 is 4.74 Å². The minimum absolute atomic E-state index is 0.265. The molecular formula is C15H17BrN4O. The van der Waals surface area contributed by atoms with Crippen LogP contribution in [0.1, 0.15) is 30.1 Å². The van der Waals surface area contributed by atoms with Gasteiger partial charge in [-0.3, -0.25) is 4.98 Å². The third-order valence-electron chi connectivity index (χ3n) is 3.65. The van der Waals surface area contributed by atoms with Crippen molar-refractivity contribution in [1.29, 1.82) is 0 Å². The topological polar surface area (TPSA) is 51.1 Å². The predicted molar refractivity (Wildman–Crippen MR) is 84.6 cm³/mol. The van der Waals surface area contributed by atoms with E-state index in [9.17, 15) is 0 Å². The van der Waals surface area contributed by atoms with Crippen LogP contribution in [0.25, 0.3) is 0 Å². The quantitative estimate of drug-likeness (QED) is 0.851. The number of hydrogen-bond acceptors (Lipinski definition) is 5. The number of nitrogens with zero attached hydrogens (tertiary/aromatic N) is 4. The fraction of sp³-hybridized carbons (Fsp3) is 0.400. The van der Waals surface area contributed by atoms with E-state index < -0.39 is 0 Å². The van der Waals surface area contributed by atoms with Crippen molar-refractivity contribution >= 4 is 21.9 Å². The molecule has 0 amide bonds. The molecule has 1 atom stereocenters. The van der Waals surface area contributed by atoms with Crippen molar-refractivity contribution in [3.05, 3.63) is 40.3 Å². The molecule has 0 radical (unpaired) electrons. The van der Waals surface area contributed by atoms with Crippen LogP contribution in [0, 0.1) is 6.92 Å². The minimum Gasteiger partial charge on any atom is -0.481 e. The number of hydrogen-bond donors (Lipinski definition) is 0. The molecule has 1 fully saturated rings. The summed E-state index contributed by atoms with van der Waals surface area (Å²) in [5, 5.41) is 0. The zero-order valence-electron chi connectivity index (χ0n) is 12.1. The zero-order chi connectivity index (χ0) is 14.8. The van der Waals surface area contributed by atoms with E-state index in [-0.39, 0.29) is 6.04 Å². The molecule has 1 aliphatic rings. The highest BCUT2D eigenvalue weighted by molar-refractivity contribution is 9.10. The molecule has 0 saturated carbocycles. The lowest BCUT2D eigenvalue weighted by molar-refractivity contribution is 0.396. The third-order valence-corrected chi connectivity index (χ3v) is 4.08. The Hall–Kier alpha value is -1.69. The molecule has 3 heterocycles. The maximum absolute atomic E-state index is 5.26. The van der Waals surface area contributed by atoms with Crippen LogP contribution in [0.4, 0.5) is 5.95 Å². The van der Waals surface area contributed by atoms with E-state index in [1.807, 2.05) is 19.2 Å². The van der Waals surface area contributed by atoms with Crippen LogP contribution in [0.15, 0.2) is 29.0 Å². The number of aromatic nitrogens is 3. The number of anilines is 1. The summed E-state index contributed by atoms with van der Waals surface area (Å²) in [6.07, 6.45) is 5.92. The van der Waals surface area contributed by atoms with Gasteiger partial charge >= 0.3 is 0 Å². The summed E-state index contributed by atoms with van der Waals surface area (Å²) in [6.45, 7) is 2.91. The Morgan fingerprint density at radius 1 is 1.29 bits per heavy atom. The van der Waals surface area contributed by atoms with Crippen LogP contribution < -0.4 is 9.64 Å². The molecule has 1 unspecified atom stereocenters. The minimum atomic E-state index is 0.265. The third kappa shape index (κ3) is 3.00. The van der Waals surface area contributed by atoms with Crippen molar-refractivity contribution in [3.8, 4) is 5.88 Å². The monoisotopic (exact) mass is 348 g/mol. The number of ether oxygens (including phenoxy) is 1. The lowest BCUT2D eigenvalue weighted by Gasteiger charge is -2.25. The van der Waals surface area contributed by atoms with Gasteiger partial charge in [0.2, 0.25) is 11.8 Å². The Balaban J connectivity index is 1.95. The molecule has 1 aliphatic heterocycles. The SMILES string of the molecule is COc1cc(C)nc(N2CCCC2c2cncc(Br)c2)n1. The van der Waals surface area contributed by atoms with E-state index in [4.69, 9.17) is 4.74 Å². The first kappa shape index (κ1) is 14.3. The highest BCUT2D eigenvalue weighted by Crippen LogP contribution is 2.35. The van der Waals surface area contributed by atoms with E-state index >= 15 is 0 Å². The molecule has 0 aliphatic carbocycles. The van der Waals surface area contributed by atoms with Gasteiger partial charge in [-0.15, -0.1) is 0 Å². The van der Waals surface area contributed by atoms with Crippen molar-refractivity contribution in [3.63, 3.8) is 0 Å². The molecule has 0 aromatic carbocycles.